The molecule has 0 bridgehead atoms. The van der Waals surface area contributed by atoms with Crippen LogP contribution in [-0.2, 0) is 24.4 Å². The molecule has 1 aliphatic heterocycles. The molecule has 0 radical (unpaired) electrons. The second-order valence-corrected chi connectivity index (χ2v) is 7.93. The van der Waals surface area contributed by atoms with Gasteiger partial charge in [-0.25, -0.2) is 4.68 Å². The number of fused-ring (bicyclic) bond motifs is 1. The summed E-state index contributed by atoms with van der Waals surface area (Å²) in [5, 5.41) is 11.3. The normalized spacial score (nSPS) is 17.2. The molecule has 0 spiro atoms. The van der Waals surface area contributed by atoms with Gasteiger partial charge in [0.15, 0.2) is 0 Å². The van der Waals surface area contributed by atoms with Crippen molar-refractivity contribution < 1.29 is 4.79 Å². The van der Waals surface area contributed by atoms with Gasteiger partial charge in [-0.05, 0) is 49.6 Å². The third-order valence-corrected chi connectivity index (χ3v) is 5.83. The lowest BCUT2D eigenvalue weighted by Crippen LogP contribution is -2.37. The number of nitrogens with one attached hydrogen (secondary N) is 1. The number of benzene rings is 2. The van der Waals surface area contributed by atoms with Crippen molar-refractivity contribution >= 4 is 16.8 Å². The largest absolute Gasteiger partial charge is 0.350 e. The predicted molar refractivity (Wildman–Crippen MR) is 116 cm³/mol. The maximum atomic E-state index is 12.5. The van der Waals surface area contributed by atoms with E-state index in [0.717, 1.165) is 23.3 Å². The molecule has 1 saturated heterocycles. The Bertz CT molecular complexity index is 1090. The summed E-state index contributed by atoms with van der Waals surface area (Å²) in [6.07, 6.45) is 3.78. The van der Waals surface area contributed by atoms with Crippen LogP contribution in [0.5, 0.6) is 0 Å². The standard InChI is InChI=1S/C23H27N5O2/c1-17-8-6-7-13-27(17)15-19-10-3-2-9-18(19)14-24-22(29)16-28-23(30)20-11-4-5-12-21(20)25-26-28/h2-5,9-12,17H,6-8,13-16H2,1H3,(H,24,29)/t17-/m0/s1. The van der Waals surface area contributed by atoms with E-state index in [1.165, 1.54) is 24.8 Å². The molecule has 1 N–H and O–H groups in total. The van der Waals surface area contributed by atoms with Gasteiger partial charge in [0.05, 0.1) is 5.39 Å². The molecule has 0 unspecified atom stereocenters. The number of aromatic nitrogens is 3. The second kappa shape index (κ2) is 9.17. The summed E-state index contributed by atoms with van der Waals surface area (Å²) < 4.78 is 1.11. The van der Waals surface area contributed by atoms with Crippen LogP contribution >= 0.6 is 0 Å². The Morgan fingerprint density at radius 1 is 1.10 bits per heavy atom. The van der Waals surface area contributed by atoms with Crippen LogP contribution < -0.4 is 10.9 Å². The number of carbonyl (C=O) groups excluding carboxylic acids is 1. The Kier molecular flexibility index (Phi) is 6.18. The highest BCUT2D eigenvalue weighted by Gasteiger charge is 2.19. The van der Waals surface area contributed by atoms with Gasteiger partial charge in [-0.1, -0.05) is 48.0 Å². The molecule has 7 heteroatoms. The first-order valence-electron chi connectivity index (χ1n) is 10.5. The summed E-state index contributed by atoms with van der Waals surface area (Å²) in [7, 11) is 0. The third-order valence-electron chi connectivity index (χ3n) is 5.83. The van der Waals surface area contributed by atoms with E-state index in [9.17, 15) is 9.59 Å². The lowest BCUT2D eigenvalue weighted by Gasteiger charge is -2.33. The molecule has 1 aromatic heterocycles. The Balaban J connectivity index is 1.41. The molecular weight excluding hydrogens is 378 g/mol. The molecule has 1 aliphatic rings. The Labute approximate surface area is 175 Å². The van der Waals surface area contributed by atoms with Crippen LogP contribution in [0, 0.1) is 0 Å². The molecule has 30 heavy (non-hydrogen) atoms. The van der Waals surface area contributed by atoms with Gasteiger partial charge in [-0.3, -0.25) is 14.5 Å². The Morgan fingerprint density at radius 2 is 1.87 bits per heavy atom. The zero-order chi connectivity index (χ0) is 20.9. The number of carbonyl (C=O) groups is 1. The van der Waals surface area contributed by atoms with Crippen LogP contribution in [0.25, 0.3) is 10.9 Å². The van der Waals surface area contributed by atoms with Gasteiger partial charge in [0.1, 0.15) is 12.1 Å². The van der Waals surface area contributed by atoms with Crippen molar-refractivity contribution in [1.29, 1.82) is 0 Å². The number of amides is 1. The maximum Gasteiger partial charge on any atom is 0.278 e. The van der Waals surface area contributed by atoms with E-state index in [4.69, 9.17) is 0 Å². The minimum absolute atomic E-state index is 0.151. The van der Waals surface area contributed by atoms with Crippen LogP contribution in [0.1, 0.15) is 37.3 Å². The van der Waals surface area contributed by atoms with E-state index in [2.05, 4.69) is 33.5 Å². The molecule has 1 atom stereocenters. The van der Waals surface area contributed by atoms with Gasteiger partial charge in [-0.15, -0.1) is 5.10 Å². The highest BCUT2D eigenvalue weighted by atomic mass is 16.2. The summed E-state index contributed by atoms with van der Waals surface area (Å²) in [5.41, 5.74) is 2.55. The van der Waals surface area contributed by atoms with Crippen LogP contribution in [0.3, 0.4) is 0 Å². The van der Waals surface area contributed by atoms with E-state index < -0.39 is 0 Å². The van der Waals surface area contributed by atoms with E-state index in [1.807, 2.05) is 18.2 Å². The fraction of sp³-hybridized carbons (Fsp3) is 0.391. The van der Waals surface area contributed by atoms with E-state index in [-0.39, 0.29) is 18.0 Å². The number of likely N-dealkylation sites (tertiary alicyclic amines) is 1. The first-order chi connectivity index (χ1) is 14.6. The first-order valence-corrected chi connectivity index (χ1v) is 10.5. The van der Waals surface area contributed by atoms with Gasteiger partial charge in [0.2, 0.25) is 5.91 Å². The minimum Gasteiger partial charge on any atom is -0.350 e. The van der Waals surface area contributed by atoms with E-state index in [1.54, 1.807) is 24.3 Å². The topological polar surface area (TPSA) is 80.1 Å². The number of piperidine rings is 1. The van der Waals surface area contributed by atoms with Gasteiger partial charge < -0.3 is 5.32 Å². The maximum absolute atomic E-state index is 12.5. The van der Waals surface area contributed by atoms with Crippen molar-refractivity contribution in [3.05, 3.63) is 70.0 Å². The lowest BCUT2D eigenvalue weighted by molar-refractivity contribution is -0.122. The summed E-state index contributed by atoms with van der Waals surface area (Å²) in [6, 6.07) is 15.8. The van der Waals surface area contributed by atoms with Crippen molar-refractivity contribution in [2.75, 3.05) is 6.54 Å². The Hall–Kier alpha value is -3.06. The molecule has 7 nitrogen and oxygen atoms in total. The molecule has 0 saturated carbocycles. The second-order valence-electron chi connectivity index (χ2n) is 7.93. The third kappa shape index (κ3) is 4.57. The summed E-state index contributed by atoms with van der Waals surface area (Å²) in [5.74, 6) is -0.261. The molecule has 1 amide bonds. The predicted octanol–water partition coefficient (Wildman–Crippen LogP) is 2.48. The molecule has 4 rings (SSSR count). The molecule has 0 aliphatic carbocycles. The van der Waals surface area contributed by atoms with Crippen molar-refractivity contribution in [3.63, 3.8) is 0 Å². The summed E-state index contributed by atoms with van der Waals surface area (Å²) in [4.78, 5) is 27.5. The highest BCUT2D eigenvalue weighted by Crippen LogP contribution is 2.20. The molecule has 2 heterocycles. The van der Waals surface area contributed by atoms with E-state index in [0.29, 0.717) is 23.5 Å². The van der Waals surface area contributed by atoms with Gasteiger partial charge >= 0.3 is 0 Å². The molecule has 156 valence electrons. The lowest BCUT2D eigenvalue weighted by atomic mass is 10.0. The molecular formula is C23H27N5O2. The summed E-state index contributed by atoms with van der Waals surface area (Å²) in [6.45, 7) is 4.56. The van der Waals surface area contributed by atoms with Gasteiger partial charge in [-0.2, -0.15) is 0 Å². The van der Waals surface area contributed by atoms with Crippen LogP contribution in [0.2, 0.25) is 0 Å². The zero-order valence-electron chi connectivity index (χ0n) is 17.3. The smallest absolute Gasteiger partial charge is 0.278 e. The fourth-order valence-electron chi connectivity index (χ4n) is 4.01. The quantitative estimate of drug-likeness (QED) is 0.682. The average Bonchev–Trinajstić information content (AvgIpc) is 2.77. The molecule has 3 aromatic rings. The summed E-state index contributed by atoms with van der Waals surface area (Å²) >= 11 is 0. The van der Waals surface area contributed by atoms with Gasteiger partial charge in [0.25, 0.3) is 5.56 Å². The first kappa shape index (κ1) is 20.2. The van der Waals surface area contributed by atoms with Crippen molar-refractivity contribution in [3.8, 4) is 0 Å². The van der Waals surface area contributed by atoms with Crippen LogP contribution in [0.4, 0.5) is 0 Å². The fourth-order valence-corrected chi connectivity index (χ4v) is 4.01. The average molecular weight is 406 g/mol. The highest BCUT2D eigenvalue weighted by molar-refractivity contribution is 5.78. The zero-order valence-corrected chi connectivity index (χ0v) is 17.3. The SMILES string of the molecule is C[C@H]1CCCCN1Cc1ccccc1CNC(=O)Cn1nnc2ccccc2c1=O. The molecule has 2 aromatic carbocycles. The molecule has 1 fully saturated rings. The van der Waals surface area contributed by atoms with Crippen molar-refractivity contribution in [2.24, 2.45) is 0 Å². The number of hydrogen-bond donors (Lipinski definition) is 1. The van der Waals surface area contributed by atoms with Gasteiger partial charge in [0, 0.05) is 19.1 Å². The number of hydrogen-bond acceptors (Lipinski definition) is 5. The monoisotopic (exact) mass is 405 g/mol. The van der Waals surface area contributed by atoms with Crippen molar-refractivity contribution in [2.45, 2.75) is 51.9 Å². The van der Waals surface area contributed by atoms with E-state index >= 15 is 0 Å². The minimum atomic E-state index is -0.310. The van der Waals surface area contributed by atoms with Crippen molar-refractivity contribution in [1.82, 2.24) is 25.2 Å². The number of rotatable bonds is 6. The van der Waals surface area contributed by atoms with Crippen LogP contribution in [0.15, 0.2) is 53.3 Å². The Morgan fingerprint density at radius 3 is 2.70 bits per heavy atom. The van der Waals surface area contributed by atoms with Crippen LogP contribution in [-0.4, -0.2) is 38.4 Å². The number of nitrogens with zero attached hydrogens (tertiary/aromatic N) is 4.